The zero-order chi connectivity index (χ0) is 12.5. The SMILES string of the molecule is CC1CCc2ccccc2N1CC1CCCC1N. The summed E-state index contributed by atoms with van der Waals surface area (Å²) in [7, 11) is 0. The van der Waals surface area contributed by atoms with Crippen molar-refractivity contribution in [1.29, 1.82) is 0 Å². The molecule has 0 spiro atoms. The van der Waals surface area contributed by atoms with E-state index in [2.05, 4.69) is 36.1 Å². The molecule has 1 aliphatic heterocycles. The fraction of sp³-hybridized carbons (Fsp3) is 0.625. The highest BCUT2D eigenvalue weighted by atomic mass is 15.2. The number of fused-ring (bicyclic) bond motifs is 1. The average molecular weight is 244 g/mol. The number of hydrogen-bond acceptors (Lipinski definition) is 2. The van der Waals surface area contributed by atoms with E-state index in [1.807, 2.05) is 0 Å². The van der Waals surface area contributed by atoms with Crippen LogP contribution in [0, 0.1) is 5.92 Å². The van der Waals surface area contributed by atoms with Gasteiger partial charge in [0.1, 0.15) is 0 Å². The number of para-hydroxylation sites is 1. The summed E-state index contributed by atoms with van der Waals surface area (Å²) >= 11 is 0. The number of nitrogens with zero attached hydrogens (tertiary/aromatic N) is 1. The van der Waals surface area contributed by atoms with Gasteiger partial charge in [-0.1, -0.05) is 24.6 Å². The second-order valence-electron chi connectivity index (χ2n) is 6.02. The monoisotopic (exact) mass is 244 g/mol. The van der Waals surface area contributed by atoms with Crippen molar-refractivity contribution in [1.82, 2.24) is 0 Å². The largest absolute Gasteiger partial charge is 0.368 e. The topological polar surface area (TPSA) is 29.3 Å². The van der Waals surface area contributed by atoms with Crippen molar-refractivity contribution in [2.75, 3.05) is 11.4 Å². The number of anilines is 1. The summed E-state index contributed by atoms with van der Waals surface area (Å²) in [6.07, 6.45) is 6.35. The Hall–Kier alpha value is -1.02. The van der Waals surface area contributed by atoms with E-state index in [1.54, 1.807) is 0 Å². The van der Waals surface area contributed by atoms with Crippen LogP contribution >= 0.6 is 0 Å². The summed E-state index contributed by atoms with van der Waals surface area (Å²) in [6.45, 7) is 3.51. The molecule has 1 fully saturated rings. The van der Waals surface area contributed by atoms with Gasteiger partial charge in [-0.2, -0.15) is 0 Å². The molecule has 3 unspecified atom stereocenters. The quantitative estimate of drug-likeness (QED) is 0.866. The van der Waals surface area contributed by atoms with Crippen LogP contribution in [0.4, 0.5) is 5.69 Å². The van der Waals surface area contributed by atoms with Crippen molar-refractivity contribution < 1.29 is 0 Å². The first-order chi connectivity index (χ1) is 8.75. The van der Waals surface area contributed by atoms with Gasteiger partial charge in [0.15, 0.2) is 0 Å². The van der Waals surface area contributed by atoms with E-state index in [0.717, 1.165) is 6.54 Å². The third kappa shape index (κ3) is 2.14. The van der Waals surface area contributed by atoms with Gasteiger partial charge in [0, 0.05) is 24.3 Å². The lowest BCUT2D eigenvalue weighted by molar-refractivity contribution is 0.438. The predicted molar refractivity (Wildman–Crippen MR) is 76.9 cm³/mol. The van der Waals surface area contributed by atoms with Crippen molar-refractivity contribution in [3.63, 3.8) is 0 Å². The van der Waals surface area contributed by atoms with Crippen LogP contribution in [0.2, 0.25) is 0 Å². The molecule has 0 radical (unpaired) electrons. The molecule has 2 nitrogen and oxygen atoms in total. The first-order valence-electron chi connectivity index (χ1n) is 7.36. The van der Waals surface area contributed by atoms with Crippen LogP contribution in [-0.2, 0) is 6.42 Å². The fourth-order valence-corrected chi connectivity index (χ4v) is 3.58. The maximum atomic E-state index is 6.23. The summed E-state index contributed by atoms with van der Waals surface area (Å²) in [6, 6.07) is 9.97. The standard InChI is InChI=1S/C16H24N2/c1-12-9-10-13-5-2-3-8-16(13)18(12)11-14-6-4-7-15(14)17/h2-3,5,8,12,14-15H,4,6-7,9-11,17H2,1H3. The molecule has 2 aliphatic rings. The summed E-state index contributed by atoms with van der Waals surface area (Å²) in [5.41, 5.74) is 9.20. The number of benzene rings is 1. The maximum Gasteiger partial charge on any atom is 0.0401 e. The summed E-state index contributed by atoms with van der Waals surface area (Å²) < 4.78 is 0. The average Bonchev–Trinajstić information content (AvgIpc) is 2.79. The third-order valence-electron chi connectivity index (χ3n) is 4.81. The molecule has 0 saturated heterocycles. The molecule has 98 valence electrons. The number of aryl methyl sites for hydroxylation is 1. The van der Waals surface area contributed by atoms with Crippen LogP contribution in [0.3, 0.4) is 0 Å². The van der Waals surface area contributed by atoms with Crippen molar-refractivity contribution in [3.8, 4) is 0 Å². The highest BCUT2D eigenvalue weighted by molar-refractivity contribution is 5.56. The van der Waals surface area contributed by atoms with Crippen LogP contribution in [0.5, 0.6) is 0 Å². The van der Waals surface area contributed by atoms with Crippen molar-refractivity contribution in [2.24, 2.45) is 11.7 Å². The van der Waals surface area contributed by atoms with Crippen LogP contribution < -0.4 is 10.6 Å². The lowest BCUT2D eigenvalue weighted by atomic mass is 9.94. The normalized spacial score (nSPS) is 31.4. The van der Waals surface area contributed by atoms with Crippen LogP contribution in [-0.4, -0.2) is 18.6 Å². The van der Waals surface area contributed by atoms with Crippen molar-refractivity contribution in [3.05, 3.63) is 29.8 Å². The first-order valence-corrected chi connectivity index (χ1v) is 7.36. The van der Waals surface area contributed by atoms with Gasteiger partial charge in [0.25, 0.3) is 0 Å². The second kappa shape index (κ2) is 4.93. The Labute approximate surface area is 110 Å². The zero-order valence-electron chi connectivity index (χ0n) is 11.3. The molecule has 3 rings (SSSR count). The lowest BCUT2D eigenvalue weighted by Gasteiger charge is -2.39. The molecule has 2 N–H and O–H groups in total. The Bertz CT molecular complexity index is 415. The van der Waals surface area contributed by atoms with Crippen molar-refractivity contribution >= 4 is 5.69 Å². The van der Waals surface area contributed by atoms with Gasteiger partial charge in [-0.05, 0) is 50.2 Å². The minimum atomic E-state index is 0.422. The molecule has 18 heavy (non-hydrogen) atoms. The fourth-order valence-electron chi connectivity index (χ4n) is 3.58. The minimum Gasteiger partial charge on any atom is -0.368 e. The van der Waals surface area contributed by atoms with Crippen LogP contribution in [0.1, 0.15) is 38.2 Å². The van der Waals surface area contributed by atoms with E-state index in [9.17, 15) is 0 Å². The van der Waals surface area contributed by atoms with E-state index < -0.39 is 0 Å². The second-order valence-corrected chi connectivity index (χ2v) is 6.02. The number of nitrogens with two attached hydrogens (primary N) is 1. The predicted octanol–water partition coefficient (Wildman–Crippen LogP) is 2.96. The van der Waals surface area contributed by atoms with Gasteiger partial charge in [-0.3, -0.25) is 0 Å². The van der Waals surface area contributed by atoms with Gasteiger partial charge in [0.2, 0.25) is 0 Å². The molecule has 0 aromatic heterocycles. The molecule has 1 aromatic carbocycles. The minimum absolute atomic E-state index is 0.422. The third-order valence-corrected chi connectivity index (χ3v) is 4.81. The van der Waals surface area contributed by atoms with Crippen LogP contribution in [0.25, 0.3) is 0 Å². The lowest BCUT2D eigenvalue weighted by Crippen LogP contribution is -2.43. The van der Waals surface area contributed by atoms with Gasteiger partial charge < -0.3 is 10.6 Å². The van der Waals surface area contributed by atoms with E-state index in [4.69, 9.17) is 5.73 Å². The highest BCUT2D eigenvalue weighted by Crippen LogP contribution is 2.33. The molecule has 1 heterocycles. The maximum absolute atomic E-state index is 6.23. The summed E-state index contributed by atoms with van der Waals surface area (Å²) in [5.74, 6) is 0.693. The van der Waals surface area contributed by atoms with Gasteiger partial charge in [0.05, 0.1) is 0 Å². The number of hydrogen-bond donors (Lipinski definition) is 1. The smallest absolute Gasteiger partial charge is 0.0401 e. The van der Waals surface area contributed by atoms with E-state index >= 15 is 0 Å². The Balaban J connectivity index is 1.82. The molecule has 1 aliphatic carbocycles. The zero-order valence-corrected chi connectivity index (χ0v) is 11.3. The molecule has 1 aromatic rings. The van der Waals surface area contributed by atoms with E-state index in [0.29, 0.717) is 18.0 Å². The summed E-state index contributed by atoms with van der Waals surface area (Å²) in [5, 5.41) is 0. The first kappa shape index (κ1) is 12.0. The van der Waals surface area contributed by atoms with Crippen molar-refractivity contribution in [2.45, 2.75) is 51.1 Å². The Kier molecular flexibility index (Phi) is 3.29. The molecular formula is C16H24N2. The Morgan fingerprint density at radius 1 is 1.22 bits per heavy atom. The summed E-state index contributed by atoms with van der Waals surface area (Å²) in [4.78, 5) is 2.61. The molecule has 0 amide bonds. The van der Waals surface area contributed by atoms with Gasteiger partial charge in [-0.25, -0.2) is 0 Å². The Morgan fingerprint density at radius 3 is 2.83 bits per heavy atom. The molecule has 2 heteroatoms. The van der Waals surface area contributed by atoms with Gasteiger partial charge in [-0.15, -0.1) is 0 Å². The van der Waals surface area contributed by atoms with Gasteiger partial charge >= 0.3 is 0 Å². The molecule has 0 bridgehead atoms. The molecule has 3 atom stereocenters. The van der Waals surface area contributed by atoms with E-state index in [1.165, 1.54) is 43.4 Å². The highest BCUT2D eigenvalue weighted by Gasteiger charge is 2.30. The molecular weight excluding hydrogens is 220 g/mol. The number of rotatable bonds is 2. The van der Waals surface area contributed by atoms with E-state index in [-0.39, 0.29) is 0 Å². The molecule has 1 saturated carbocycles. The Morgan fingerprint density at radius 2 is 2.06 bits per heavy atom. The van der Waals surface area contributed by atoms with Crippen LogP contribution in [0.15, 0.2) is 24.3 Å².